The molecule has 0 saturated heterocycles. The third-order valence-electron chi connectivity index (χ3n) is 9.50. The smallest absolute Gasteiger partial charge is 0.0210 e. The molecule has 0 heterocycles. The van der Waals surface area contributed by atoms with Gasteiger partial charge in [0.1, 0.15) is 0 Å². The molecule has 6 aromatic rings. The van der Waals surface area contributed by atoms with Crippen LogP contribution < -0.4 is 0 Å². The van der Waals surface area contributed by atoms with Crippen molar-refractivity contribution >= 4 is 32.3 Å². The van der Waals surface area contributed by atoms with E-state index >= 15 is 0 Å². The van der Waals surface area contributed by atoms with E-state index in [1.165, 1.54) is 76.8 Å². The molecule has 0 N–H and O–H groups in total. The van der Waals surface area contributed by atoms with Crippen LogP contribution in [-0.4, -0.2) is 0 Å². The predicted molar refractivity (Wildman–Crippen MR) is 166 cm³/mol. The standard InChI is InChI=1S/C38H36/c1-7-38(8-2)33-19-23(3)9-15-30(33)31-17-13-25(22-34(31)38)29-16-12-24-10-11-26-20-28(37(4,5)6)21-27-14-18-32(29)36(24)35(26)27/h9-22H,7-8H2,1-6H3. The fraction of sp³-hybridized carbons (Fsp3) is 0.263. The van der Waals surface area contributed by atoms with E-state index in [4.69, 9.17) is 0 Å². The van der Waals surface area contributed by atoms with Crippen molar-refractivity contribution in [3.8, 4) is 22.3 Å². The number of aryl methyl sites for hydroxylation is 1. The van der Waals surface area contributed by atoms with Gasteiger partial charge in [0.15, 0.2) is 0 Å². The quantitative estimate of drug-likeness (QED) is 0.215. The lowest BCUT2D eigenvalue weighted by Gasteiger charge is -2.30. The number of hydrogen-bond acceptors (Lipinski definition) is 0. The second-order valence-electron chi connectivity index (χ2n) is 12.5. The van der Waals surface area contributed by atoms with Gasteiger partial charge >= 0.3 is 0 Å². The monoisotopic (exact) mass is 492 g/mol. The molecule has 0 heteroatoms. The summed E-state index contributed by atoms with van der Waals surface area (Å²) in [6.45, 7) is 13.9. The Kier molecular flexibility index (Phi) is 4.90. The molecule has 0 unspecified atom stereocenters. The molecule has 0 spiro atoms. The van der Waals surface area contributed by atoms with Gasteiger partial charge in [0.05, 0.1) is 0 Å². The molecular weight excluding hydrogens is 456 g/mol. The summed E-state index contributed by atoms with van der Waals surface area (Å²) in [6.07, 6.45) is 2.23. The molecule has 1 aliphatic carbocycles. The van der Waals surface area contributed by atoms with Gasteiger partial charge in [0.2, 0.25) is 0 Å². The first-order valence-corrected chi connectivity index (χ1v) is 14.2. The average Bonchev–Trinajstić information content (AvgIpc) is 3.19. The highest BCUT2D eigenvalue weighted by atomic mass is 14.4. The van der Waals surface area contributed by atoms with Gasteiger partial charge in [-0.3, -0.25) is 0 Å². The summed E-state index contributed by atoms with van der Waals surface area (Å²) in [5.41, 5.74) is 11.5. The van der Waals surface area contributed by atoms with E-state index in [2.05, 4.69) is 126 Å². The van der Waals surface area contributed by atoms with Crippen LogP contribution in [0.25, 0.3) is 54.6 Å². The van der Waals surface area contributed by atoms with Crippen molar-refractivity contribution in [1.29, 1.82) is 0 Å². The zero-order valence-electron chi connectivity index (χ0n) is 23.5. The molecule has 1 aliphatic rings. The fourth-order valence-electron chi connectivity index (χ4n) is 7.29. The SMILES string of the molecule is CCC1(CC)c2cc(C)ccc2-c2ccc(-c3ccc4ccc5cc(C(C)(C)C)cc6ccc3c4c56)cc21. The van der Waals surface area contributed by atoms with E-state index in [0.717, 1.165) is 12.8 Å². The zero-order valence-corrected chi connectivity index (χ0v) is 23.5. The first-order chi connectivity index (χ1) is 18.2. The summed E-state index contributed by atoms with van der Waals surface area (Å²) < 4.78 is 0. The topological polar surface area (TPSA) is 0 Å². The van der Waals surface area contributed by atoms with Crippen LogP contribution in [0.1, 0.15) is 69.7 Å². The highest BCUT2D eigenvalue weighted by molar-refractivity contribution is 6.25. The second kappa shape index (κ2) is 7.93. The van der Waals surface area contributed by atoms with Gasteiger partial charge < -0.3 is 0 Å². The van der Waals surface area contributed by atoms with E-state index in [1.54, 1.807) is 0 Å². The van der Waals surface area contributed by atoms with Crippen molar-refractivity contribution in [2.24, 2.45) is 0 Å². The van der Waals surface area contributed by atoms with Gasteiger partial charge in [-0.25, -0.2) is 0 Å². The van der Waals surface area contributed by atoms with Crippen LogP contribution in [0.2, 0.25) is 0 Å². The largest absolute Gasteiger partial charge is 0.0642 e. The van der Waals surface area contributed by atoms with Crippen LogP contribution in [0.5, 0.6) is 0 Å². The van der Waals surface area contributed by atoms with Gasteiger partial charge in [0.25, 0.3) is 0 Å². The molecule has 38 heavy (non-hydrogen) atoms. The van der Waals surface area contributed by atoms with Crippen LogP contribution in [0.4, 0.5) is 0 Å². The Hall–Kier alpha value is -3.64. The number of fused-ring (bicyclic) bond motifs is 3. The molecule has 188 valence electrons. The molecule has 0 saturated carbocycles. The summed E-state index contributed by atoms with van der Waals surface area (Å²) in [5, 5.41) is 8.17. The third kappa shape index (κ3) is 3.10. The van der Waals surface area contributed by atoms with Crippen LogP contribution >= 0.6 is 0 Å². The summed E-state index contributed by atoms with van der Waals surface area (Å²) in [5.74, 6) is 0. The Balaban J connectivity index is 1.48. The Morgan fingerprint density at radius 1 is 0.579 bits per heavy atom. The molecule has 6 aromatic carbocycles. The minimum absolute atomic E-state index is 0.0832. The minimum atomic E-state index is 0.0832. The third-order valence-corrected chi connectivity index (χ3v) is 9.50. The van der Waals surface area contributed by atoms with Gasteiger partial charge in [-0.15, -0.1) is 0 Å². The lowest BCUT2D eigenvalue weighted by atomic mass is 9.73. The van der Waals surface area contributed by atoms with Crippen molar-refractivity contribution in [3.05, 3.63) is 107 Å². The maximum atomic E-state index is 2.52. The molecular formula is C38H36. The van der Waals surface area contributed by atoms with Gasteiger partial charge in [-0.2, -0.15) is 0 Å². The van der Waals surface area contributed by atoms with E-state index < -0.39 is 0 Å². The van der Waals surface area contributed by atoms with Crippen molar-refractivity contribution in [1.82, 2.24) is 0 Å². The maximum absolute atomic E-state index is 2.52. The maximum Gasteiger partial charge on any atom is 0.0210 e. The highest BCUT2D eigenvalue weighted by Crippen LogP contribution is 2.54. The fourth-order valence-corrected chi connectivity index (χ4v) is 7.29. The van der Waals surface area contributed by atoms with Crippen molar-refractivity contribution in [2.75, 3.05) is 0 Å². The van der Waals surface area contributed by atoms with E-state index in [0.29, 0.717) is 0 Å². The summed E-state index contributed by atoms with van der Waals surface area (Å²) >= 11 is 0. The van der Waals surface area contributed by atoms with E-state index in [-0.39, 0.29) is 10.8 Å². The van der Waals surface area contributed by atoms with Gasteiger partial charge in [-0.05, 0) is 103 Å². The van der Waals surface area contributed by atoms with Crippen molar-refractivity contribution < 1.29 is 0 Å². The lowest BCUT2D eigenvalue weighted by Crippen LogP contribution is -2.23. The Bertz CT molecular complexity index is 1850. The molecule has 7 rings (SSSR count). The molecule has 0 amide bonds. The molecule has 0 radical (unpaired) electrons. The van der Waals surface area contributed by atoms with Gasteiger partial charge in [0, 0.05) is 5.41 Å². The van der Waals surface area contributed by atoms with Crippen LogP contribution in [0, 0.1) is 6.92 Å². The Morgan fingerprint density at radius 2 is 1.16 bits per heavy atom. The van der Waals surface area contributed by atoms with Crippen molar-refractivity contribution in [3.63, 3.8) is 0 Å². The predicted octanol–water partition coefficient (Wildman–Crippen LogP) is 10.9. The van der Waals surface area contributed by atoms with Crippen molar-refractivity contribution in [2.45, 2.75) is 65.2 Å². The van der Waals surface area contributed by atoms with Crippen LogP contribution in [0.3, 0.4) is 0 Å². The van der Waals surface area contributed by atoms with E-state index in [9.17, 15) is 0 Å². The molecule has 0 aliphatic heterocycles. The van der Waals surface area contributed by atoms with Gasteiger partial charge in [-0.1, -0.05) is 119 Å². The highest BCUT2D eigenvalue weighted by Gasteiger charge is 2.40. The molecule has 0 fully saturated rings. The molecule has 0 atom stereocenters. The summed E-state index contributed by atoms with van der Waals surface area (Å²) in [4.78, 5) is 0. The number of rotatable bonds is 3. The van der Waals surface area contributed by atoms with E-state index in [1.807, 2.05) is 0 Å². The first-order valence-electron chi connectivity index (χ1n) is 14.2. The van der Waals surface area contributed by atoms with Crippen LogP contribution in [-0.2, 0) is 10.8 Å². The second-order valence-corrected chi connectivity index (χ2v) is 12.5. The summed E-state index contributed by atoms with van der Waals surface area (Å²) in [6, 6.07) is 33.1. The molecule has 0 bridgehead atoms. The Morgan fingerprint density at radius 3 is 1.84 bits per heavy atom. The number of benzene rings is 6. The minimum Gasteiger partial charge on any atom is -0.0642 e. The number of hydrogen-bond donors (Lipinski definition) is 0. The Labute approximate surface area is 226 Å². The molecule has 0 aromatic heterocycles. The molecule has 0 nitrogen and oxygen atoms in total. The summed E-state index contributed by atoms with van der Waals surface area (Å²) in [7, 11) is 0. The normalized spacial score (nSPS) is 14.5. The zero-order chi connectivity index (χ0) is 26.4. The first kappa shape index (κ1) is 23.5. The average molecular weight is 493 g/mol. The van der Waals surface area contributed by atoms with Crippen LogP contribution in [0.15, 0.2) is 84.9 Å². The lowest BCUT2D eigenvalue weighted by molar-refractivity contribution is 0.490.